The van der Waals surface area contributed by atoms with Crippen molar-refractivity contribution in [3.8, 4) is 22.2 Å². The van der Waals surface area contributed by atoms with Crippen LogP contribution in [0.25, 0.3) is 21.2 Å². The lowest BCUT2D eigenvalue weighted by molar-refractivity contribution is 0.477. The Kier molecular flexibility index (Phi) is 3.54. The predicted molar refractivity (Wildman–Crippen MR) is 113 cm³/mol. The molecule has 0 bridgehead atoms. The van der Waals surface area contributed by atoms with Crippen molar-refractivity contribution in [3.05, 3.63) is 79.3 Å². The number of benzene rings is 2. The molecule has 6 rings (SSSR count). The second-order valence-corrected chi connectivity index (χ2v) is 7.46. The monoisotopic (exact) mass is 395 g/mol. The lowest BCUT2D eigenvalue weighted by atomic mass is 10.1. The topological polar surface area (TPSA) is 64.0 Å². The van der Waals surface area contributed by atoms with Crippen LogP contribution in [0.5, 0.6) is 11.5 Å². The SMILES string of the molecule is c1ccc2c(c1)Oc1ccccc1N2c1ccc(-c2nc3nccnc3s2)nc1. The van der Waals surface area contributed by atoms with Crippen LogP contribution in [0.3, 0.4) is 0 Å². The van der Waals surface area contributed by atoms with Crippen LogP contribution in [0.2, 0.25) is 0 Å². The first-order valence-electron chi connectivity index (χ1n) is 9.07. The van der Waals surface area contributed by atoms with Gasteiger partial charge in [0.1, 0.15) is 5.01 Å². The summed E-state index contributed by atoms with van der Waals surface area (Å²) in [6.07, 6.45) is 5.19. The molecule has 0 saturated carbocycles. The quantitative estimate of drug-likeness (QED) is 0.373. The van der Waals surface area contributed by atoms with Gasteiger partial charge in [0, 0.05) is 12.4 Å². The van der Waals surface area contributed by atoms with Crippen LogP contribution < -0.4 is 9.64 Å². The molecule has 0 N–H and O–H groups in total. The van der Waals surface area contributed by atoms with E-state index in [4.69, 9.17) is 4.74 Å². The fraction of sp³-hybridized carbons (Fsp3) is 0. The van der Waals surface area contributed by atoms with E-state index in [-0.39, 0.29) is 0 Å². The molecule has 29 heavy (non-hydrogen) atoms. The van der Waals surface area contributed by atoms with E-state index >= 15 is 0 Å². The molecule has 2 aromatic carbocycles. The minimum absolute atomic E-state index is 0.648. The van der Waals surface area contributed by atoms with Crippen LogP contribution in [0.4, 0.5) is 17.1 Å². The summed E-state index contributed by atoms with van der Waals surface area (Å²) in [6.45, 7) is 0. The Balaban J connectivity index is 1.44. The molecule has 0 saturated heterocycles. The van der Waals surface area contributed by atoms with Crippen molar-refractivity contribution >= 4 is 38.9 Å². The van der Waals surface area contributed by atoms with Gasteiger partial charge in [0.25, 0.3) is 0 Å². The fourth-order valence-corrected chi connectivity index (χ4v) is 4.26. The third-order valence-electron chi connectivity index (χ3n) is 4.70. The van der Waals surface area contributed by atoms with Gasteiger partial charge < -0.3 is 9.64 Å². The lowest BCUT2D eigenvalue weighted by Crippen LogP contribution is -2.15. The van der Waals surface area contributed by atoms with E-state index in [0.717, 1.165) is 44.1 Å². The number of para-hydroxylation sites is 4. The first-order chi connectivity index (χ1) is 14.4. The van der Waals surface area contributed by atoms with Crippen LogP contribution in [-0.4, -0.2) is 19.9 Å². The summed E-state index contributed by atoms with van der Waals surface area (Å²) >= 11 is 1.49. The number of thiazole rings is 1. The van der Waals surface area contributed by atoms with Crippen molar-refractivity contribution < 1.29 is 4.74 Å². The molecule has 0 radical (unpaired) electrons. The number of ether oxygens (including phenoxy) is 1. The van der Waals surface area contributed by atoms with Crippen LogP contribution >= 0.6 is 11.3 Å². The zero-order chi connectivity index (χ0) is 19.2. The van der Waals surface area contributed by atoms with E-state index in [9.17, 15) is 0 Å². The predicted octanol–water partition coefficient (Wildman–Crippen LogP) is 5.72. The van der Waals surface area contributed by atoms with E-state index < -0.39 is 0 Å². The maximum atomic E-state index is 6.07. The summed E-state index contributed by atoms with van der Waals surface area (Å²) in [4.78, 5) is 20.8. The molecule has 0 fully saturated rings. The Morgan fingerprint density at radius 2 is 1.48 bits per heavy atom. The van der Waals surface area contributed by atoms with Gasteiger partial charge in [-0.3, -0.25) is 4.98 Å². The highest BCUT2D eigenvalue weighted by Gasteiger charge is 2.25. The fourth-order valence-electron chi connectivity index (χ4n) is 3.41. The average molecular weight is 395 g/mol. The molecule has 3 aromatic heterocycles. The lowest BCUT2D eigenvalue weighted by Gasteiger charge is -2.32. The summed E-state index contributed by atoms with van der Waals surface area (Å²) in [6, 6.07) is 20.0. The molecule has 0 aliphatic carbocycles. The second-order valence-electron chi connectivity index (χ2n) is 6.48. The summed E-state index contributed by atoms with van der Waals surface area (Å²) < 4.78 is 6.07. The van der Waals surface area contributed by atoms with Gasteiger partial charge in [0.15, 0.2) is 22.0 Å². The van der Waals surface area contributed by atoms with Crippen molar-refractivity contribution in [2.75, 3.05) is 4.90 Å². The van der Waals surface area contributed by atoms with Crippen molar-refractivity contribution in [1.82, 2.24) is 19.9 Å². The van der Waals surface area contributed by atoms with Crippen molar-refractivity contribution in [2.45, 2.75) is 0 Å². The Morgan fingerprint density at radius 3 is 2.17 bits per heavy atom. The summed E-state index contributed by atoms with van der Waals surface area (Å²) in [5.74, 6) is 1.64. The molecule has 7 heteroatoms. The maximum Gasteiger partial charge on any atom is 0.190 e. The number of hydrogen-bond donors (Lipinski definition) is 0. The number of aromatic nitrogens is 4. The number of pyridine rings is 1. The minimum Gasteiger partial charge on any atom is -0.453 e. The highest BCUT2D eigenvalue weighted by Crippen LogP contribution is 2.49. The molecule has 6 nitrogen and oxygen atoms in total. The normalized spacial score (nSPS) is 12.3. The molecule has 0 atom stereocenters. The molecule has 1 aliphatic heterocycles. The Bertz CT molecular complexity index is 1270. The van der Waals surface area contributed by atoms with Crippen LogP contribution in [0.1, 0.15) is 0 Å². The Morgan fingerprint density at radius 1 is 0.759 bits per heavy atom. The van der Waals surface area contributed by atoms with E-state index in [1.807, 2.05) is 66.9 Å². The molecular weight excluding hydrogens is 382 g/mol. The van der Waals surface area contributed by atoms with Crippen LogP contribution in [-0.2, 0) is 0 Å². The summed E-state index contributed by atoms with van der Waals surface area (Å²) in [5, 5.41) is 0.806. The van der Waals surface area contributed by atoms with E-state index in [2.05, 4.69) is 24.8 Å². The van der Waals surface area contributed by atoms with Gasteiger partial charge in [0.05, 0.1) is 29.0 Å². The van der Waals surface area contributed by atoms with E-state index in [1.54, 1.807) is 12.4 Å². The van der Waals surface area contributed by atoms with E-state index in [0.29, 0.717) is 5.65 Å². The zero-order valence-electron chi connectivity index (χ0n) is 15.1. The number of rotatable bonds is 2. The zero-order valence-corrected chi connectivity index (χ0v) is 15.9. The van der Waals surface area contributed by atoms with Gasteiger partial charge in [-0.1, -0.05) is 35.6 Å². The van der Waals surface area contributed by atoms with Crippen LogP contribution in [0.15, 0.2) is 79.3 Å². The number of hydrogen-bond acceptors (Lipinski definition) is 7. The smallest absolute Gasteiger partial charge is 0.190 e. The number of anilines is 3. The van der Waals surface area contributed by atoms with Gasteiger partial charge in [-0.05, 0) is 36.4 Å². The Labute approximate surface area is 170 Å². The van der Waals surface area contributed by atoms with Gasteiger partial charge in [-0.15, -0.1) is 0 Å². The highest BCUT2D eigenvalue weighted by molar-refractivity contribution is 7.21. The number of nitrogens with zero attached hydrogens (tertiary/aromatic N) is 5. The standard InChI is InChI=1S/C22H13N5OS/c1-3-7-18-16(5-1)27(17-6-2-4-8-19(17)28-18)14-9-10-15(25-13-14)21-26-20-22(29-21)24-12-11-23-20/h1-13H. The largest absolute Gasteiger partial charge is 0.453 e. The molecule has 0 unspecified atom stereocenters. The van der Waals surface area contributed by atoms with Crippen molar-refractivity contribution in [1.29, 1.82) is 0 Å². The van der Waals surface area contributed by atoms with Crippen molar-refractivity contribution in [3.63, 3.8) is 0 Å². The molecule has 0 spiro atoms. The van der Waals surface area contributed by atoms with Gasteiger partial charge >= 0.3 is 0 Å². The first-order valence-corrected chi connectivity index (χ1v) is 9.88. The Hall–Kier alpha value is -3.84. The first kappa shape index (κ1) is 16.1. The van der Waals surface area contributed by atoms with Gasteiger partial charge in [0.2, 0.25) is 0 Å². The van der Waals surface area contributed by atoms with Gasteiger partial charge in [-0.2, -0.15) is 0 Å². The third-order valence-corrected chi connectivity index (χ3v) is 5.68. The molecule has 1 aliphatic rings. The minimum atomic E-state index is 0.648. The van der Waals surface area contributed by atoms with Crippen LogP contribution in [0, 0.1) is 0 Å². The number of fused-ring (bicyclic) bond motifs is 3. The maximum absolute atomic E-state index is 6.07. The van der Waals surface area contributed by atoms with Gasteiger partial charge in [-0.25, -0.2) is 15.0 Å². The highest BCUT2D eigenvalue weighted by atomic mass is 32.1. The summed E-state index contributed by atoms with van der Waals surface area (Å²) in [5.41, 5.74) is 4.36. The van der Waals surface area contributed by atoms with E-state index in [1.165, 1.54) is 11.3 Å². The van der Waals surface area contributed by atoms with Crippen molar-refractivity contribution in [2.24, 2.45) is 0 Å². The molecule has 138 valence electrons. The summed E-state index contributed by atoms with van der Waals surface area (Å²) in [7, 11) is 0. The molecule has 0 amide bonds. The molecule has 4 heterocycles. The molecular formula is C22H13N5OS. The third kappa shape index (κ3) is 2.63. The average Bonchev–Trinajstić information content (AvgIpc) is 3.22. The second kappa shape index (κ2) is 6.35. The molecule has 5 aromatic rings.